The number of nitrogens with zero attached hydrogens (tertiary/aromatic N) is 2. The molecule has 3 heterocycles. The average molecular weight is 332 g/mol. The lowest BCUT2D eigenvalue weighted by Crippen LogP contribution is -2.37. The van der Waals surface area contributed by atoms with Crippen molar-refractivity contribution in [2.24, 2.45) is 11.3 Å². The summed E-state index contributed by atoms with van der Waals surface area (Å²) in [5, 5.41) is 3.86. The average Bonchev–Trinajstić information content (AvgIpc) is 3.18. The van der Waals surface area contributed by atoms with E-state index in [2.05, 4.69) is 4.90 Å². The summed E-state index contributed by atoms with van der Waals surface area (Å²) in [4.78, 5) is 29.5. The molecule has 0 aromatic carbocycles. The molecule has 3 fully saturated rings. The van der Waals surface area contributed by atoms with E-state index >= 15 is 0 Å². The summed E-state index contributed by atoms with van der Waals surface area (Å²) in [7, 11) is 0. The van der Waals surface area contributed by atoms with Gasteiger partial charge in [0.25, 0.3) is 5.91 Å². The summed E-state index contributed by atoms with van der Waals surface area (Å²) in [5.41, 5.74) is 0.609. The first-order valence-electron chi connectivity index (χ1n) is 8.79. The van der Waals surface area contributed by atoms with E-state index in [-0.39, 0.29) is 11.3 Å². The van der Waals surface area contributed by atoms with Crippen LogP contribution in [0.25, 0.3) is 0 Å². The maximum Gasteiger partial charge on any atom is 0.254 e. The third kappa shape index (κ3) is 2.91. The Balaban J connectivity index is 1.42. The van der Waals surface area contributed by atoms with Crippen molar-refractivity contribution < 1.29 is 9.59 Å². The molecule has 0 N–H and O–H groups in total. The zero-order valence-electron chi connectivity index (χ0n) is 13.5. The fourth-order valence-corrected chi connectivity index (χ4v) is 4.74. The van der Waals surface area contributed by atoms with Crippen molar-refractivity contribution in [2.75, 3.05) is 26.2 Å². The lowest BCUT2D eigenvalue weighted by molar-refractivity contribution is -0.136. The number of carbonyl (C=O) groups is 2. The van der Waals surface area contributed by atoms with Gasteiger partial charge in [0, 0.05) is 31.6 Å². The van der Waals surface area contributed by atoms with Crippen LogP contribution in [-0.2, 0) is 4.79 Å². The molecule has 23 heavy (non-hydrogen) atoms. The minimum Gasteiger partial charge on any atom is -0.342 e. The third-order valence-electron chi connectivity index (χ3n) is 5.78. The van der Waals surface area contributed by atoms with E-state index in [1.54, 1.807) is 11.3 Å². The third-order valence-corrected chi connectivity index (χ3v) is 6.46. The van der Waals surface area contributed by atoms with Gasteiger partial charge in [0.2, 0.25) is 5.91 Å². The SMILES string of the molecule is O=C(c1ccsc1)N1CCC[C@@]2(CC1)CCN(CC1CC1)C2=O. The number of likely N-dealkylation sites (tertiary alicyclic amines) is 2. The number of hydrogen-bond acceptors (Lipinski definition) is 3. The van der Waals surface area contributed by atoms with Crippen LogP contribution in [0.5, 0.6) is 0 Å². The number of carbonyl (C=O) groups excluding carboxylic acids is 2. The Kier molecular flexibility index (Phi) is 3.92. The molecule has 124 valence electrons. The molecule has 1 saturated carbocycles. The molecule has 1 atom stereocenters. The predicted molar refractivity (Wildman–Crippen MR) is 90.4 cm³/mol. The molecule has 0 radical (unpaired) electrons. The van der Waals surface area contributed by atoms with E-state index in [9.17, 15) is 9.59 Å². The molecule has 4 rings (SSSR count). The Morgan fingerprint density at radius 2 is 2.04 bits per heavy atom. The first-order chi connectivity index (χ1) is 11.2. The number of thiophene rings is 1. The quantitative estimate of drug-likeness (QED) is 0.854. The van der Waals surface area contributed by atoms with Gasteiger partial charge in [-0.05, 0) is 55.9 Å². The van der Waals surface area contributed by atoms with Crippen molar-refractivity contribution in [2.45, 2.75) is 38.5 Å². The summed E-state index contributed by atoms with van der Waals surface area (Å²) >= 11 is 1.56. The van der Waals surface area contributed by atoms with Gasteiger partial charge in [-0.25, -0.2) is 0 Å². The predicted octanol–water partition coefficient (Wildman–Crippen LogP) is 3.00. The van der Waals surface area contributed by atoms with Gasteiger partial charge in [0.05, 0.1) is 11.0 Å². The smallest absolute Gasteiger partial charge is 0.254 e. The van der Waals surface area contributed by atoms with Crippen LogP contribution in [0.2, 0.25) is 0 Å². The number of rotatable bonds is 3. The zero-order valence-corrected chi connectivity index (χ0v) is 14.3. The van der Waals surface area contributed by atoms with E-state index in [0.29, 0.717) is 5.91 Å². The standard InChI is InChI=1S/C18H24N2O2S/c21-16(15-4-11-23-13-15)19-8-1-5-18(6-9-19)7-10-20(17(18)22)12-14-2-3-14/h4,11,13-14H,1-3,5-10,12H2/t18-/m1/s1. The summed E-state index contributed by atoms with van der Waals surface area (Å²) in [5.74, 6) is 1.26. The van der Waals surface area contributed by atoms with Crippen LogP contribution in [0.15, 0.2) is 16.8 Å². The van der Waals surface area contributed by atoms with Crippen molar-refractivity contribution in [1.82, 2.24) is 9.80 Å². The summed E-state index contributed by atoms with van der Waals surface area (Å²) < 4.78 is 0. The van der Waals surface area contributed by atoms with Crippen molar-refractivity contribution in [3.63, 3.8) is 0 Å². The maximum absolute atomic E-state index is 12.9. The second-order valence-corrected chi connectivity index (χ2v) is 8.16. The maximum atomic E-state index is 12.9. The Labute approximate surface area is 141 Å². The number of amides is 2. The molecule has 2 saturated heterocycles. The van der Waals surface area contributed by atoms with Gasteiger partial charge in [-0.2, -0.15) is 11.3 Å². The monoisotopic (exact) mass is 332 g/mol. The Hall–Kier alpha value is -1.36. The van der Waals surface area contributed by atoms with Gasteiger partial charge in [0.1, 0.15) is 0 Å². The molecular weight excluding hydrogens is 308 g/mol. The van der Waals surface area contributed by atoms with Crippen LogP contribution < -0.4 is 0 Å². The summed E-state index contributed by atoms with van der Waals surface area (Å²) in [6, 6.07) is 1.89. The zero-order chi connectivity index (χ0) is 15.9. The molecule has 1 aliphatic carbocycles. The highest BCUT2D eigenvalue weighted by molar-refractivity contribution is 7.08. The first-order valence-corrected chi connectivity index (χ1v) is 9.73. The van der Waals surface area contributed by atoms with Gasteiger partial charge in [-0.1, -0.05) is 0 Å². The van der Waals surface area contributed by atoms with Crippen molar-refractivity contribution in [1.29, 1.82) is 0 Å². The Morgan fingerprint density at radius 1 is 1.22 bits per heavy atom. The molecule has 1 aromatic rings. The lowest BCUT2D eigenvalue weighted by atomic mass is 9.79. The molecule has 5 heteroatoms. The van der Waals surface area contributed by atoms with Crippen LogP contribution in [0.3, 0.4) is 0 Å². The fourth-order valence-electron chi connectivity index (χ4n) is 4.11. The van der Waals surface area contributed by atoms with Crippen molar-refractivity contribution in [3.8, 4) is 0 Å². The van der Waals surface area contributed by atoms with Crippen LogP contribution in [0.4, 0.5) is 0 Å². The summed E-state index contributed by atoms with van der Waals surface area (Å²) in [6.45, 7) is 3.40. The normalized spacial score (nSPS) is 28.4. The van der Waals surface area contributed by atoms with Gasteiger partial charge >= 0.3 is 0 Å². The molecular formula is C18H24N2O2S. The Bertz CT molecular complexity index is 596. The molecule has 0 bridgehead atoms. The fraction of sp³-hybridized carbons (Fsp3) is 0.667. The van der Waals surface area contributed by atoms with Crippen LogP contribution in [0, 0.1) is 11.3 Å². The minimum atomic E-state index is -0.182. The second-order valence-electron chi connectivity index (χ2n) is 7.38. The Morgan fingerprint density at radius 3 is 2.78 bits per heavy atom. The molecule has 2 amide bonds. The van der Waals surface area contributed by atoms with Gasteiger partial charge in [0.15, 0.2) is 0 Å². The van der Waals surface area contributed by atoms with Crippen molar-refractivity contribution in [3.05, 3.63) is 22.4 Å². The molecule has 1 spiro atoms. The highest BCUT2D eigenvalue weighted by Crippen LogP contribution is 2.43. The van der Waals surface area contributed by atoms with Crippen LogP contribution in [0.1, 0.15) is 48.9 Å². The summed E-state index contributed by atoms with van der Waals surface area (Å²) in [6.07, 6.45) is 6.29. The van der Waals surface area contributed by atoms with Crippen molar-refractivity contribution >= 4 is 23.2 Å². The minimum absolute atomic E-state index is 0.128. The highest BCUT2D eigenvalue weighted by Gasteiger charge is 2.48. The van der Waals surface area contributed by atoms with E-state index in [1.807, 2.05) is 21.7 Å². The highest BCUT2D eigenvalue weighted by atomic mass is 32.1. The van der Waals surface area contributed by atoms with E-state index < -0.39 is 0 Å². The van der Waals surface area contributed by atoms with Gasteiger partial charge in [-0.3, -0.25) is 9.59 Å². The van der Waals surface area contributed by atoms with Crippen LogP contribution >= 0.6 is 11.3 Å². The topological polar surface area (TPSA) is 40.6 Å². The van der Waals surface area contributed by atoms with Gasteiger partial charge < -0.3 is 9.80 Å². The molecule has 3 aliphatic rings. The number of hydrogen-bond donors (Lipinski definition) is 0. The van der Waals surface area contributed by atoms with E-state index in [1.165, 1.54) is 12.8 Å². The van der Waals surface area contributed by atoms with Gasteiger partial charge in [-0.15, -0.1) is 0 Å². The second kappa shape index (κ2) is 5.93. The molecule has 4 nitrogen and oxygen atoms in total. The molecule has 0 unspecified atom stereocenters. The van der Waals surface area contributed by atoms with E-state index in [4.69, 9.17) is 0 Å². The largest absolute Gasteiger partial charge is 0.342 e. The first kappa shape index (κ1) is 15.2. The molecule has 1 aromatic heterocycles. The van der Waals surface area contributed by atoms with E-state index in [0.717, 1.165) is 63.3 Å². The molecule has 2 aliphatic heterocycles. The lowest BCUT2D eigenvalue weighted by Gasteiger charge is -2.26. The van der Waals surface area contributed by atoms with Crippen LogP contribution in [-0.4, -0.2) is 47.8 Å².